The molecule has 0 saturated carbocycles. The first kappa shape index (κ1) is 25.5. The van der Waals surface area contributed by atoms with Crippen molar-refractivity contribution in [2.24, 2.45) is 0 Å². The number of aliphatic hydroxyl groups excluding tert-OH is 1. The Hall–Kier alpha value is -1.50. The average molecular weight is 466 g/mol. The minimum Gasteiger partial charge on any atom is -0.489 e. The fourth-order valence-corrected chi connectivity index (χ4v) is 3.71. The van der Waals surface area contributed by atoms with Gasteiger partial charge < -0.3 is 14.9 Å². The zero-order chi connectivity index (χ0) is 21.7. The van der Waals surface area contributed by atoms with Gasteiger partial charge in [-0.1, -0.05) is 29.1 Å². The normalized spacial score (nSPS) is 12.1. The molecule has 0 radical (unpaired) electrons. The van der Waals surface area contributed by atoms with Gasteiger partial charge in [-0.15, -0.1) is 5.92 Å². The summed E-state index contributed by atoms with van der Waals surface area (Å²) < 4.78 is 31.5. The van der Waals surface area contributed by atoms with Crippen molar-refractivity contribution in [3.63, 3.8) is 0 Å². The van der Waals surface area contributed by atoms with Crippen molar-refractivity contribution in [1.82, 2.24) is 4.72 Å². The number of halogens is 2. The molecule has 3 N–H and O–H groups in total. The maximum absolute atomic E-state index is 11.9. The Balaban J connectivity index is 2.17. The summed E-state index contributed by atoms with van der Waals surface area (Å²) in [5, 5.41) is 19.3. The monoisotopic (exact) mass is 465 g/mol. The molecule has 0 aliphatic carbocycles. The number of ether oxygens (including phenoxy) is 1. The van der Waals surface area contributed by atoms with Crippen molar-refractivity contribution in [1.29, 1.82) is 0 Å². The van der Waals surface area contributed by atoms with Crippen LogP contribution in [0.1, 0.15) is 38.5 Å². The van der Waals surface area contributed by atoms with Crippen LogP contribution in [0.2, 0.25) is 10.0 Å². The third-order valence-corrected chi connectivity index (χ3v) is 5.66. The largest absolute Gasteiger partial charge is 0.489 e. The highest BCUT2D eigenvalue weighted by atomic mass is 35.5. The van der Waals surface area contributed by atoms with Crippen molar-refractivity contribution in [3.8, 4) is 17.6 Å². The maximum Gasteiger partial charge on any atom is 0.303 e. The number of rotatable bonds is 13. The van der Waals surface area contributed by atoms with Gasteiger partial charge in [0.2, 0.25) is 10.0 Å². The van der Waals surface area contributed by atoms with E-state index >= 15 is 0 Å². The van der Waals surface area contributed by atoms with E-state index in [2.05, 4.69) is 16.6 Å². The third kappa shape index (κ3) is 12.6. The Kier molecular flexibility index (Phi) is 12.0. The fourth-order valence-electron chi connectivity index (χ4n) is 2.23. The summed E-state index contributed by atoms with van der Waals surface area (Å²) in [6.45, 7) is 0.0392. The maximum atomic E-state index is 11.9. The molecule has 7 nitrogen and oxygen atoms in total. The number of nitrogens with one attached hydrogen (secondary N) is 1. The lowest BCUT2D eigenvalue weighted by atomic mass is 10.2. The first-order valence-corrected chi connectivity index (χ1v) is 11.5. The summed E-state index contributed by atoms with van der Waals surface area (Å²) in [6, 6.07) is 4.79. The van der Waals surface area contributed by atoms with E-state index in [1.807, 2.05) is 0 Å². The lowest BCUT2D eigenvalue weighted by molar-refractivity contribution is -0.137. The van der Waals surface area contributed by atoms with Gasteiger partial charge in [-0.3, -0.25) is 4.79 Å². The molecule has 1 atom stereocenters. The van der Waals surface area contributed by atoms with Gasteiger partial charge in [0.1, 0.15) is 12.4 Å². The SMILES string of the molecule is O=C(O)CCCC#CCNS(=O)(=O)CCCCC(O)COc1ccc(Cl)cc1Cl. The molecule has 1 unspecified atom stereocenters. The summed E-state index contributed by atoms with van der Waals surface area (Å²) in [4.78, 5) is 10.3. The van der Waals surface area contributed by atoms with Gasteiger partial charge in [-0.2, -0.15) is 0 Å². The minimum atomic E-state index is -3.44. The Morgan fingerprint density at radius 2 is 1.97 bits per heavy atom. The Morgan fingerprint density at radius 1 is 1.21 bits per heavy atom. The predicted molar refractivity (Wildman–Crippen MR) is 113 cm³/mol. The number of aliphatic hydroxyl groups is 1. The predicted octanol–water partition coefficient (Wildman–Crippen LogP) is 3.08. The fraction of sp³-hybridized carbons (Fsp3) is 0.526. The quantitative estimate of drug-likeness (QED) is 0.304. The number of aliphatic carboxylic acids is 1. The van der Waals surface area contributed by atoms with Crippen molar-refractivity contribution >= 4 is 39.2 Å². The van der Waals surface area contributed by atoms with Gasteiger partial charge in [-0.25, -0.2) is 13.1 Å². The molecule has 0 spiro atoms. The standard InChI is InChI=1S/C19H25Cl2NO6S/c20-15-9-10-18(17(21)13-15)28-14-16(23)7-4-6-12-29(26,27)22-11-5-2-1-3-8-19(24)25/h9-10,13,16,22-23H,1,3-4,6-8,11-12,14H2,(H,24,25). The molecule has 0 bridgehead atoms. The Morgan fingerprint density at radius 3 is 2.66 bits per heavy atom. The number of hydrogen-bond acceptors (Lipinski definition) is 5. The van der Waals surface area contributed by atoms with Crippen LogP contribution in [0.5, 0.6) is 5.75 Å². The molecule has 0 aromatic heterocycles. The zero-order valence-corrected chi connectivity index (χ0v) is 18.2. The summed E-state index contributed by atoms with van der Waals surface area (Å²) >= 11 is 11.8. The summed E-state index contributed by atoms with van der Waals surface area (Å²) in [5.74, 6) is 4.86. The number of carbonyl (C=O) groups is 1. The Bertz CT molecular complexity index is 820. The van der Waals surface area contributed by atoms with Crippen LogP contribution < -0.4 is 9.46 Å². The number of hydrogen-bond donors (Lipinski definition) is 3. The molecule has 0 saturated heterocycles. The Labute approximate surface area is 181 Å². The highest BCUT2D eigenvalue weighted by molar-refractivity contribution is 7.89. The molecule has 0 aliphatic rings. The smallest absolute Gasteiger partial charge is 0.303 e. The van der Waals surface area contributed by atoms with Crippen molar-refractivity contribution in [2.75, 3.05) is 18.9 Å². The molecule has 1 rings (SSSR count). The van der Waals surface area contributed by atoms with Gasteiger partial charge in [0.05, 0.1) is 23.4 Å². The minimum absolute atomic E-state index is 0.00623. The summed E-state index contributed by atoms with van der Waals surface area (Å²) in [7, 11) is -3.44. The molecule has 0 amide bonds. The molecular formula is C19H25Cl2NO6S. The molecule has 10 heteroatoms. The van der Waals surface area contributed by atoms with E-state index in [9.17, 15) is 18.3 Å². The van der Waals surface area contributed by atoms with Crippen LogP contribution in [0.25, 0.3) is 0 Å². The van der Waals surface area contributed by atoms with Gasteiger partial charge in [0.15, 0.2) is 0 Å². The van der Waals surface area contributed by atoms with Crippen molar-refractivity contribution in [2.45, 2.75) is 44.6 Å². The van der Waals surface area contributed by atoms with Crippen LogP contribution in [-0.4, -0.2) is 49.6 Å². The van der Waals surface area contributed by atoms with E-state index in [-0.39, 0.29) is 25.3 Å². The van der Waals surface area contributed by atoms with Crippen LogP contribution in [0, 0.1) is 11.8 Å². The van der Waals surface area contributed by atoms with E-state index in [4.69, 9.17) is 33.0 Å². The molecule has 0 fully saturated rings. The second-order valence-corrected chi connectivity index (χ2v) is 9.05. The van der Waals surface area contributed by atoms with E-state index in [1.165, 1.54) is 0 Å². The summed E-state index contributed by atoms with van der Waals surface area (Å²) in [6.07, 6.45) is 1.45. The molecule has 1 aromatic rings. The second kappa shape index (κ2) is 13.7. The van der Waals surface area contributed by atoms with E-state index in [1.54, 1.807) is 18.2 Å². The van der Waals surface area contributed by atoms with Crippen LogP contribution >= 0.6 is 23.2 Å². The lowest BCUT2D eigenvalue weighted by Crippen LogP contribution is -2.27. The first-order valence-electron chi connectivity index (χ1n) is 9.10. The number of carboxylic acids is 1. The average Bonchev–Trinajstić information content (AvgIpc) is 2.63. The molecule has 0 aliphatic heterocycles. The zero-order valence-electron chi connectivity index (χ0n) is 15.9. The van der Waals surface area contributed by atoms with E-state index < -0.39 is 22.1 Å². The number of carboxylic acid groups (broad SMARTS) is 1. The van der Waals surface area contributed by atoms with E-state index in [0.29, 0.717) is 47.9 Å². The van der Waals surface area contributed by atoms with Gasteiger partial charge >= 0.3 is 5.97 Å². The number of sulfonamides is 1. The number of unbranched alkanes of at least 4 members (excludes halogenated alkanes) is 2. The van der Waals surface area contributed by atoms with Crippen LogP contribution in [0.15, 0.2) is 18.2 Å². The molecule has 29 heavy (non-hydrogen) atoms. The lowest BCUT2D eigenvalue weighted by Gasteiger charge is -2.13. The molecule has 0 heterocycles. The van der Waals surface area contributed by atoms with Crippen molar-refractivity contribution in [3.05, 3.63) is 28.2 Å². The number of benzene rings is 1. The van der Waals surface area contributed by atoms with Gasteiger partial charge in [0.25, 0.3) is 0 Å². The topological polar surface area (TPSA) is 113 Å². The molecule has 162 valence electrons. The molecule has 1 aromatic carbocycles. The van der Waals surface area contributed by atoms with Crippen LogP contribution in [0.4, 0.5) is 0 Å². The second-order valence-electron chi connectivity index (χ2n) is 6.28. The van der Waals surface area contributed by atoms with E-state index in [0.717, 1.165) is 0 Å². The first-order chi connectivity index (χ1) is 13.7. The van der Waals surface area contributed by atoms with Crippen LogP contribution in [-0.2, 0) is 14.8 Å². The van der Waals surface area contributed by atoms with Crippen LogP contribution in [0.3, 0.4) is 0 Å². The molecular weight excluding hydrogens is 441 g/mol. The summed E-state index contributed by atoms with van der Waals surface area (Å²) in [5.41, 5.74) is 0. The third-order valence-electron chi connectivity index (χ3n) is 3.72. The van der Waals surface area contributed by atoms with Gasteiger partial charge in [0, 0.05) is 17.9 Å². The van der Waals surface area contributed by atoms with Gasteiger partial charge in [-0.05, 0) is 43.9 Å². The highest BCUT2D eigenvalue weighted by Crippen LogP contribution is 2.27. The van der Waals surface area contributed by atoms with Crippen molar-refractivity contribution < 1.29 is 28.2 Å². The highest BCUT2D eigenvalue weighted by Gasteiger charge is 2.11.